The lowest BCUT2D eigenvalue weighted by Crippen LogP contribution is -2.45. The van der Waals surface area contributed by atoms with Crippen molar-refractivity contribution in [1.29, 1.82) is 0 Å². The highest BCUT2D eigenvalue weighted by Crippen LogP contribution is 2.27. The average molecular weight is 331 g/mol. The molecule has 4 rings (SSSR count). The summed E-state index contributed by atoms with van der Waals surface area (Å²) >= 11 is 0. The van der Waals surface area contributed by atoms with E-state index >= 15 is 0 Å². The summed E-state index contributed by atoms with van der Waals surface area (Å²) in [6, 6.07) is 2.55. The van der Waals surface area contributed by atoms with Crippen molar-refractivity contribution in [3.63, 3.8) is 0 Å². The molecule has 3 heterocycles. The summed E-state index contributed by atoms with van der Waals surface area (Å²) in [7, 11) is 1.58. The second-order valence-corrected chi connectivity index (χ2v) is 7.16. The van der Waals surface area contributed by atoms with Crippen LogP contribution < -0.4 is 10.1 Å². The summed E-state index contributed by atoms with van der Waals surface area (Å²) in [5.74, 6) is 0.369. The van der Waals surface area contributed by atoms with Crippen molar-refractivity contribution in [3.05, 3.63) is 22.9 Å². The Balaban J connectivity index is 1.47. The van der Waals surface area contributed by atoms with Crippen molar-refractivity contribution in [1.82, 2.24) is 15.2 Å². The molecule has 0 radical (unpaired) electrons. The smallest absolute Gasteiger partial charge is 0.257 e. The van der Waals surface area contributed by atoms with Gasteiger partial charge in [0.25, 0.3) is 5.91 Å². The summed E-state index contributed by atoms with van der Waals surface area (Å²) in [5, 5.41) is 3.18. The third-order valence-electron chi connectivity index (χ3n) is 5.38. The molecule has 0 aromatic carbocycles. The SMILES string of the molecule is COc1nc2c(cc1C(=O)N[C@@H]1C[C@H]3CO[C@@H](C)CN3C1)CCC2. The van der Waals surface area contributed by atoms with Gasteiger partial charge >= 0.3 is 0 Å². The number of fused-ring (bicyclic) bond motifs is 2. The highest BCUT2D eigenvalue weighted by atomic mass is 16.5. The van der Waals surface area contributed by atoms with Gasteiger partial charge in [-0.05, 0) is 44.2 Å². The first-order valence-electron chi connectivity index (χ1n) is 8.87. The zero-order valence-corrected chi connectivity index (χ0v) is 14.4. The average Bonchev–Trinajstić information content (AvgIpc) is 3.18. The number of ether oxygens (including phenoxy) is 2. The number of methoxy groups -OCH3 is 1. The van der Waals surface area contributed by atoms with Gasteiger partial charge in [0.05, 0.1) is 19.8 Å². The van der Waals surface area contributed by atoms with E-state index in [0.717, 1.165) is 51.1 Å². The van der Waals surface area contributed by atoms with Crippen LogP contribution in [0, 0.1) is 0 Å². The minimum atomic E-state index is -0.0761. The minimum Gasteiger partial charge on any atom is -0.480 e. The lowest BCUT2D eigenvalue weighted by atomic mass is 10.1. The summed E-state index contributed by atoms with van der Waals surface area (Å²) in [6.45, 7) is 4.70. The van der Waals surface area contributed by atoms with Crippen molar-refractivity contribution in [2.24, 2.45) is 0 Å². The van der Waals surface area contributed by atoms with Crippen LogP contribution in [0.25, 0.3) is 0 Å². The summed E-state index contributed by atoms with van der Waals surface area (Å²) in [5.41, 5.74) is 2.83. The normalized spacial score (nSPS) is 29.2. The van der Waals surface area contributed by atoms with Crippen LogP contribution in [0.15, 0.2) is 6.07 Å². The van der Waals surface area contributed by atoms with Crippen molar-refractivity contribution < 1.29 is 14.3 Å². The van der Waals surface area contributed by atoms with E-state index < -0.39 is 0 Å². The van der Waals surface area contributed by atoms with E-state index in [1.165, 1.54) is 5.56 Å². The van der Waals surface area contributed by atoms with E-state index in [4.69, 9.17) is 9.47 Å². The zero-order chi connectivity index (χ0) is 16.7. The molecule has 0 unspecified atom stereocenters. The fourth-order valence-electron chi connectivity index (χ4n) is 4.18. The summed E-state index contributed by atoms with van der Waals surface area (Å²) in [4.78, 5) is 19.7. The number of morpholine rings is 1. The van der Waals surface area contributed by atoms with Gasteiger partial charge in [-0.2, -0.15) is 0 Å². The Morgan fingerprint density at radius 1 is 1.42 bits per heavy atom. The molecule has 2 fully saturated rings. The Kier molecular flexibility index (Phi) is 4.18. The maximum Gasteiger partial charge on any atom is 0.257 e. The van der Waals surface area contributed by atoms with Gasteiger partial charge in [0, 0.05) is 30.9 Å². The zero-order valence-electron chi connectivity index (χ0n) is 14.4. The van der Waals surface area contributed by atoms with Gasteiger partial charge < -0.3 is 14.8 Å². The Bertz CT molecular complexity index is 649. The molecule has 3 atom stereocenters. The lowest BCUT2D eigenvalue weighted by molar-refractivity contribution is -0.0390. The predicted molar refractivity (Wildman–Crippen MR) is 89.5 cm³/mol. The molecule has 0 saturated carbocycles. The van der Waals surface area contributed by atoms with E-state index in [-0.39, 0.29) is 18.1 Å². The van der Waals surface area contributed by atoms with Crippen molar-refractivity contribution in [3.8, 4) is 5.88 Å². The van der Waals surface area contributed by atoms with Gasteiger partial charge in [-0.1, -0.05) is 0 Å². The van der Waals surface area contributed by atoms with Gasteiger partial charge in [0.2, 0.25) is 5.88 Å². The lowest BCUT2D eigenvalue weighted by Gasteiger charge is -2.33. The molecule has 24 heavy (non-hydrogen) atoms. The van der Waals surface area contributed by atoms with E-state index in [1.54, 1.807) is 7.11 Å². The number of nitrogens with zero attached hydrogens (tertiary/aromatic N) is 2. The van der Waals surface area contributed by atoms with Gasteiger partial charge in [0.15, 0.2) is 0 Å². The van der Waals surface area contributed by atoms with Crippen LogP contribution in [0.2, 0.25) is 0 Å². The molecule has 2 saturated heterocycles. The standard InChI is InChI=1S/C18H25N3O3/c1-11-8-21-9-13(7-14(21)10-24-11)19-17(22)15-6-12-4-3-5-16(12)20-18(15)23-2/h6,11,13-14H,3-5,7-10H2,1-2H3,(H,19,22)/t11-,13+,14-/m0/s1. The molecule has 1 N–H and O–H groups in total. The third-order valence-corrected chi connectivity index (χ3v) is 5.38. The van der Waals surface area contributed by atoms with E-state index in [0.29, 0.717) is 17.5 Å². The second-order valence-electron chi connectivity index (χ2n) is 7.16. The Morgan fingerprint density at radius 3 is 3.12 bits per heavy atom. The number of rotatable bonds is 3. The largest absolute Gasteiger partial charge is 0.480 e. The number of hydrogen-bond acceptors (Lipinski definition) is 5. The molecule has 3 aliphatic rings. The monoisotopic (exact) mass is 331 g/mol. The van der Waals surface area contributed by atoms with Gasteiger partial charge in [-0.3, -0.25) is 9.69 Å². The number of carbonyl (C=O) groups excluding carboxylic acids is 1. The first kappa shape index (κ1) is 15.8. The first-order chi connectivity index (χ1) is 11.6. The number of amides is 1. The van der Waals surface area contributed by atoms with E-state index in [9.17, 15) is 4.79 Å². The van der Waals surface area contributed by atoms with Crippen LogP contribution in [0.1, 0.15) is 41.4 Å². The fraction of sp³-hybridized carbons (Fsp3) is 0.667. The molecule has 6 heteroatoms. The Morgan fingerprint density at radius 2 is 2.29 bits per heavy atom. The number of hydrogen-bond donors (Lipinski definition) is 1. The third kappa shape index (κ3) is 2.89. The van der Waals surface area contributed by atoms with Crippen molar-refractivity contribution in [2.75, 3.05) is 26.8 Å². The molecular formula is C18H25N3O3. The van der Waals surface area contributed by atoms with Crippen LogP contribution in [-0.2, 0) is 17.6 Å². The van der Waals surface area contributed by atoms with Crippen LogP contribution in [0.4, 0.5) is 0 Å². The maximum atomic E-state index is 12.8. The molecule has 1 aromatic rings. The topological polar surface area (TPSA) is 63.7 Å². The molecular weight excluding hydrogens is 306 g/mol. The Hall–Kier alpha value is -1.66. The summed E-state index contributed by atoms with van der Waals surface area (Å²) < 4.78 is 11.1. The first-order valence-corrected chi connectivity index (χ1v) is 8.87. The predicted octanol–water partition coefficient (Wildman–Crippen LogP) is 1.17. The maximum absolute atomic E-state index is 12.8. The molecule has 130 valence electrons. The summed E-state index contributed by atoms with van der Waals surface area (Å²) in [6.07, 6.45) is 4.30. The number of carbonyl (C=O) groups is 1. The number of pyridine rings is 1. The van der Waals surface area contributed by atoms with Crippen LogP contribution in [0.3, 0.4) is 0 Å². The van der Waals surface area contributed by atoms with Crippen molar-refractivity contribution >= 4 is 5.91 Å². The number of aryl methyl sites for hydroxylation is 2. The van der Waals surface area contributed by atoms with Crippen LogP contribution in [0.5, 0.6) is 5.88 Å². The quantitative estimate of drug-likeness (QED) is 0.901. The van der Waals surface area contributed by atoms with Gasteiger partial charge in [-0.15, -0.1) is 0 Å². The van der Waals surface area contributed by atoms with Crippen LogP contribution in [-0.4, -0.2) is 60.8 Å². The highest BCUT2D eigenvalue weighted by Gasteiger charge is 2.37. The molecule has 1 amide bonds. The van der Waals surface area contributed by atoms with Crippen LogP contribution >= 0.6 is 0 Å². The minimum absolute atomic E-state index is 0.0761. The molecule has 6 nitrogen and oxygen atoms in total. The molecule has 0 spiro atoms. The second kappa shape index (κ2) is 6.33. The van der Waals surface area contributed by atoms with E-state index in [2.05, 4.69) is 22.1 Å². The Labute approximate surface area is 142 Å². The number of nitrogens with one attached hydrogen (secondary N) is 1. The van der Waals surface area contributed by atoms with Gasteiger partial charge in [0.1, 0.15) is 5.56 Å². The fourth-order valence-corrected chi connectivity index (χ4v) is 4.18. The number of aromatic nitrogens is 1. The van der Waals surface area contributed by atoms with Crippen molar-refractivity contribution in [2.45, 2.75) is 50.8 Å². The molecule has 1 aromatic heterocycles. The highest BCUT2D eigenvalue weighted by molar-refractivity contribution is 5.96. The molecule has 1 aliphatic carbocycles. The van der Waals surface area contributed by atoms with E-state index in [1.807, 2.05) is 6.07 Å². The molecule has 2 aliphatic heterocycles. The molecule has 0 bridgehead atoms. The van der Waals surface area contributed by atoms with Gasteiger partial charge in [-0.25, -0.2) is 4.98 Å².